The average Bonchev–Trinajstić information content (AvgIpc) is 2.52. The van der Waals surface area contributed by atoms with Crippen molar-refractivity contribution in [1.29, 1.82) is 0 Å². The maximum Gasteiger partial charge on any atom is 0.229 e. The van der Waals surface area contributed by atoms with E-state index < -0.39 is 0 Å². The van der Waals surface area contributed by atoms with Crippen molar-refractivity contribution < 1.29 is 4.79 Å². The predicted molar refractivity (Wildman–Crippen MR) is 102 cm³/mol. The smallest absolute Gasteiger partial charge is 0.229 e. The molecule has 6 heteroatoms. The lowest BCUT2D eigenvalue weighted by atomic mass is 10.1. The molecule has 130 valence electrons. The molecule has 0 aliphatic carbocycles. The van der Waals surface area contributed by atoms with Gasteiger partial charge in [-0.25, -0.2) is 0 Å². The quantitative estimate of drug-likeness (QED) is 0.491. The fraction of sp³-hybridized carbons (Fsp3) is 0.389. The third-order valence-corrected chi connectivity index (χ3v) is 4.09. The molecule has 3 N–H and O–H groups in total. The molecular formula is C18H26N4OS. The van der Waals surface area contributed by atoms with E-state index in [0.717, 1.165) is 41.9 Å². The largest absolute Gasteiger partial charge is 0.394 e. The summed E-state index contributed by atoms with van der Waals surface area (Å²) in [6.07, 6.45) is 6.06. The molecule has 0 bridgehead atoms. The topological polar surface area (TPSA) is 80.9 Å². The minimum Gasteiger partial charge on any atom is -0.394 e. The summed E-state index contributed by atoms with van der Waals surface area (Å²) in [5, 5.41) is 11.5. The summed E-state index contributed by atoms with van der Waals surface area (Å²) in [5.41, 5.74) is 7.47. The number of thioether (sulfide) groups is 1. The molecule has 0 aromatic carbocycles. The molecule has 0 fully saturated rings. The highest BCUT2D eigenvalue weighted by Crippen LogP contribution is 2.23. The van der Waals surface area contributed by atoms with Gasteiger partial charge in [0.05, 0.1) is 10.7 Å². The van der Waals surface area contributed by atoms with E-state index in [1.54, 1.807) is 6.07 Å². The maximum absolute atomic E-state index is 11.8. The Hall–Kier alpha value is -2.08. The van der Waals surface area contributed by atoms with Crippen LogP contribution in [0.2, 0.25) is 0 Å². The lowest BCUT2D eigenvalue weighted by Gasteiger charge is -2.06. The minimum atomic E-state index is -0.0786. The van der Waals surface area contributed by atoms with Gasteiger partial charge >= 0.3 is 0 Å². The van der Waals surface area contributed by atoms with Crippen LogP contribution in [0.5, 0.6) is 0 Å². The van der Waals surface area contributed by atoms with Gasteiger partial charge in [0.15, 0.2) is 5.82 Å². The zero-order valence-electron chi connectivity index (χ0n) is 14.5. The van der Waals surface area contributed by atoms with Crippen molar-refractivity contribution in [2.24, 2.45) is 5.73 Å². The van der Waals surface area contributed by atoms with Crippen LogP contribution >= 0.6 is 11.8 Å². The molecule has 0 saturated heterocycles. The van der Waals surface area contributed by atoms with Gasteiger partial charge in [-0.1, -0.05) is 36.6 Å². The fourth-order valence-corrected chi connectivity index (χ4v) is 2.58. The van der Waals surface area contributed by atoms with Crippen LogP contribution in [0.15, 0.2) is 46.9 Å². The fourth-order valence-electron chi connectivity index (χ4n) is 1.97. The number of hydrogen-bond acceptors (Lipinski definition) is 5. The van der Waals surface area contributed by atoms with Gasteiger partial charge in [-0.3, -0.25) is 4.79 Å². The van der Waals surface area contributed by atoms with E-state index in [1.807, 2.05) is 26.0 Å². The first kappa shape index (κ1) is 20.0. The first-order chi connectivity index (χ1) is 11.4. The summed E-state index contributed by atoms with van der Waals surface area (Å²) in [4.78, 5) is 12.8. The number of amides is 1. The van der Waals surface area contributed by atoms with E-state index >= 15 is 0 Å². The highest BCUT2D eigenvalue weighted by molar-refractivity contribution is 8.06. The van der Waals surface area contributed by atoms with Crippen molar-refractivity contribution in [2.75, 3.05) is 5.32 Å². The number of nitrogens with two attached hydrogens (primary N) is 1. The molecule has 1 aromatic heterocycles. The zero-order valence-corrected chi connectivity index (χ0v) is 15.3. The second-order valence-electron chi connectivity index (χ2n) is 5.58. The number of hydrogen-bond donors (Lipinski definition) is 2. The molecule has 24 heavy (non-hydrogen) atoms. The zero-order chi connectivity index (χ0) is 17.9. The normalized spacial score (nSPS) is 11.2. The predicted octanol–water partition coefficient (Wildman–Crippen LogP) is 4.16. The van der Waals surface area contributed by atoms with Crippen molar-refractivity contribution in [1.82, 2.24) is 10.2 Å². The molecule has 0 unspecified atom stereocenters. The van der Waals surface area contributed by atoms with Crippen LogP contribution in [0, 0.1) is 0 Å². The lowest BCUT2D eigenvalue weighted by Crippen LogP contribution is -2.13. The molecule has 0 spiro atoms. The lowest BCUT2D eigenvalue weighted by molar-refractivity contribution is -0.115. The summed E-state index contributed by atoms with van der Waals surface area (Å²) in [6.45, 7) is 11.4. The Morgan fingerprint density at radius 2 is 2.08 bits per heavy atom. The van der Waals surface area contributed by atoms with Crippen molar-refractivity contribution >= 4 is 23.5 Å². The molecule has 1 rings (SSSR count). The third kappa shape index (κ3) is 8.53. The van der Waals surface area contributed by atoms with Crippen LogP contribution in [-0.4, -0.2) is 16.1 Å². The van der Waals surface area contributed by atoms with Crippen LogP contribution in [0.4, 0.5) is 5.82 Å². The Morgan fingerprint density at radius 1 is 1.33 bits per heavy atom. The standard InChI is InChI=1S/C18H26N4OS/c1-5-13(2)12-18(23)20-17-11-10-16(21-22-17)9-7-6-8-14(3)24-15(4)19/h5,10-11H,3-4,6-9,12,19H2,1-2H3,(H,20,22,23)/b13-5+. The van der Waals surface area contributed by atoms with Crippen molar-refractivity contribution in [3.8, 4) is 0 Å². The summed E-state index contributed by atoms with van der Waals surface area (Å²) in [7, 11) is 0. The number of nitrogens with one attached hydrogen (secondary N) is 1. The molecule has 0 aliphatic rings. The van der Waals surface area contributed by atoms with Gasteiger partial charge in [0.1, 0.15) is 0 Å². The third-order valence-electron chi connectivity index (χ3n) is 3.33. The van der Waals surface area contributed by atoms with Gasteiger partial charge in [0.2, 0.25) is 5.91 Å². The van der Waals surface area contributed by atoms with Gasteiger partial charge in [0, 0.05) is 6.42 Å². The van der Waals surface area contributed by atoms with Gasteiger partial charge in [-0.15, -0.1) is 5.10 Å². The van der Waals surface area contributed by atoms with Crippen LogP contribution in [-0.2, 0) is 11.2 Å². The van der Waals surface area contributed by atoms with Gasteiger partial charge in [-0.05, 0) is 56.6 Å². The van der Waals surface area contributed by atoms with Crippen molar-refractivity contribution in [3.63, 3.8) is 0 Å². The second-order valence-corrected chi connectivity index (χ2v) is 6.89. The first-order valence-corrected chi connectivity index (χ1v) is 8.76. The summed E-state index contributed by atoms with van der Waals surface area (Å²) < 4.78 is 0. The average molecular weight is 347 g/mol. The summed E-state index contributed by atoms with van der Waals surface area (Å²) in [5.74, 6) is 0.407. The monoisotopic (exact) mass is 346 g/mol. The van der Waals surface area contributed by atoms with E-state index in [2.05, 4.69) is 28.7 Å². The first-order valence-electron chi connectivity index (χ1n) is 7.95. The molecule has 1 amide bonds. The number of rotatable bonds is 10. The van der Waals surface area contributed by atoms with Crippen LogP contribution < -0.4 is 11.1 Å². The Labute approximate surface area is 148 Å². The number of aryl methyl sites for hydroxylation is 1. The van der Waals surface area contributed by atoms with E-state index in [4.69, 9.17) is 5.73 Å². The Kier molecular flexibility index (Phi) is 8.86. The van der Waals surface area contributed by atoms with E-state index in [1.165, 1.54) is 11.8 Å². The van der Waals surface area contributed by atoms with Crippen LogP contribution in [0.3, 0.4) is 0 Å². The van der Waals surface area contributed by atoms with Gasteiger partial charge < -0.3 is 11.1 Å². The van der Waals surface area contributed by atoms with E-state index in [9.17, 15) is 4.79 Å². The number of carbonyl (C=O) groups excluding carboxylic acids is 1. The van der Waals surface area contributed by atoms with Crippen molar-refractivity contribution in [3.05, 3.63) is 52.6 Å². The highest BCUT2D eigenvalue weighted by atomic mass is 32.2. The molecular weight excluding hydrogens is 320 g/mol. The molecule has 0 atom stereocenters. The van der Waals surface area contributed by atoms with E-state index in [-0.39, 0.29) is 5.91 Å². The molecule has 0 radical (unpaired) electrons. The van der Waals surface area contributed by atoms with Crippen LogP contribution in [0.1, 0.15) is 45.2 Å². The summed E-state index contributed by atoms with van der Waals surface area (Å²) in [6, 6.07) is 3.69. The molecule has 0 saturated carbocycles. The molecule has 5 nitrogen and oxygen atoms in total. The second kappa shape index (κ2) is 10.6. The number of aromatic nitrogens is 2. The summed E-state index contributed by atoms with van der Waals surface area (Å²) >= 11 is 1.43. The highest BCUT2D eigenvalue weighted by Gasteiger charge is 2.05. The van der Waals surface area contributed by atoms with Crippen molar-refractivity contribution in [2.45, 2.75) is 46.0 Å². The van der Waals surface area contributed by atoms with E-state index in [0.29, 0.717) is 17.3 Å². The maximum atomic E-state index is 11.8. The SMILES string of the molecule is C=C(N)SC(=C)CCCCc1ccc(NC(=O)C/C(C)=C/C)nn1. The van der Waals surface area contributed by atoms with Gasteiger partial charge in [0.25, 0.3) is 0 Å². The molecule has 1 aromatic rings. The number of allylic oxidation sites excluding steroid dienone is 2. The van der Waals surface area contributed by atoms with Crippen LogP contribution in [0.25, 0.3) is 0 Å². The number of unbranched alkanes of at least 4 members (excludes halogenated alkanes) is 1. The number of nitrogens with zero attached hydrogens (tertiary/aromatic N) is 2. The number of carbonyl (C=O) groups is 1. The Bertz CT molecular complexity index is 608. The molecule has 1 heterocycles. The Morgan fingerprint density at radius 3 is 2.67 bits per heavy atom. The van der Waals surface area contributed by atoms with Gasteiger partial charge in [-0.2, -0.15) is 5.10 Å². The number of anilines is 1. The molecule has 0 aliphatic heterocycles. The Balaban J connectivity index is 2.33. The minimum absolute atomic E-state index is 0.0786.